The van der Waals surface area contributed by atoms with E-state index >= 15 is 0 Å². The van der Waals surface area contributed by atoms with Crippen molar-refractivity contribution in [3.8, 4) is 0 Å². The summed E-state index contributed by atoms with van der Waals surface area (Å²) in [6, 6.07) is 1.56. The van der Waals surface area contributed by atoms with E-state index in [0.717, 1.165) is 6.07 Å². The van der Waals surface area contributed by atoms with Crippen molar-refractivity contribution in [1.29, 1.82) is 0 Å². The van der Waals surface area contributed by atoms with Gasteiger partial charge in [-0.3, -0.25) is 4.79 Å². The molecule has 0 radical (unpaired) electrons. The van der Waals surface area contributed by atoms with E-state index in [9.17, 15) is 23.1 Å². The SMILES string of the molecule is Cc1noc([C@H]2C[C@H](CNC(=O)c3ccc(F)c(F)c3F)[C@H](O)C2)n1. The average Bonchev–Trinajstić information content (AvgIpc) is 3.16. The maximum Gasteiger partial charge on any atom is 0.254 e. The van der Waals surface area contributed by atoms with Crippen LogP contribution in [0.4, 0.5) is 13.2 Å². The van der Waals surface area contributed by atoms with Crippen LogP contribution in [0.15, 0.2) is 16.7 Å². The van der Waals surface area contributed by atoms with Gasteiger partial charge in [0.05, 0.1) is 11.7 Å². The molecule has 1 aromatic carbocycles. The lowest BCUT2D eigenvalue weighted by atomic mass is 10.0. The Hall–Kier alpha value is -2.42. The van der Waals surface area contributed by atoms with Crippen LogP contribution in [-0.4, -0.2) is 33.8 Å². The molecule has 0 aliphatic heterocycles. The van der Waals surface area contributed by atoms with Crippen molar-refractivity contribution < 1.29 is 27.6 Å². The van der Waals surface area contributed by atoms with E-state index in [0.29, 0.717) is 30.6 Å². The summed E-state index contributed by atoms with van der Waals surface area (Å²) in [5.74, 6) is -4.97. The van der Waals surface area contributed by atoms with Crippen molar-refractivity contribution in [3.05, 3.63) is 46.9 Å². The molecule has 2 aromatic rings. The number of aryl methyl sites for hydroxylation is 1. The smallest absolute Gasteiger partial charge is 0.254 e. The molecule has 1 aliphatic rings. The molecule has 2 N–H and O–H groups in total. The largest absolute Gasteiger partial charge is 0.393 e. The van der Waals surface area contributed by atoms with Crippen molar-refractivity contribution in [2.75, 3.05) is 6.54 Å². The highest BCUT2D eigenvalue weighted by atomic mass is 19.2. The van der Waals surface area contributed by atoms with E-state index in [-0.39, 0.29) is 18.4 Å². The maximum atomic E-state index is 13.6. The number of hydrogen-bond acceptors (Lipinski definition) is 5. The molecule has 25 heavy (non-hydrogen) atoms. The van der Waals surface area contributed by atoms with Crippen LogP contribution in [0.25, 0.3) is 0 Å². The van der Waals surface area contributed by atoms with Gasteiger partial charge in [-0.2, -0.15) is 4.98 Å². The molecule has 3 atom stereocenters. The highest BCUT2D eigenvalue weighted by molar-refractivity contribution is 5.94. The number of aliphatic hydroxyl groups is 1. The van der Waals surface area contributed by atoms with Gasteiger partial charge >= 0.3 is 0 Å². The Kier molecular flexibility index (Phi) is 4.76. The first kappa shape index (κ1) is 17.4. The lowest BCUT2D eigenvalue weighted by Crippen LogP contribution is -2.33. The molecule has 1 aliphatic carbocycles. The number of rotatable bonds is 4. The zero-order valence-electron chi connectivity index (χ0n) is 13.3. The second-order valence-electron chi connectivity index (χ2n) is 6.11. The molecule has 1 heterocycles. The Labute approximate surface area is 141 Å². The third-order valence-corrected chi connectivity index (χ3v) is 4.35. The minimum atomic E-state index is -1.69. The van der Waals surface area contributed by atoms with E-state index < -0.39 is 35.0 Å². The van der Waals surface area contributed by atoms with Gasteiger partial charge in [-0.15, -0.1) is 0 Å². The lowest BCUT2D eigenvalue weighted by Gasteiger charge is -2.15. The molecule has 1 aromatic heterocycles. The van der Waals surface area contributed by atoms with Gasteiger partial charge in [-0.1, -0.05) is 5.16 Å². The molecule has 0 unspecified atom stereocenters. The average molecular weight is 355 g/mol. The van der Waals surface area contributed by atoms with Crippen molar-refractivity contribution in [2.45, 2.75) is 31.8 Å². The zero-order valence-corrected chi connectivity index (χ0v) is 13.3. The molecule has 1 amide bonds. The number of nitrogens with zero attached hydrogens (tertiary/aromatic N) is 2. The molecule has 1 fully saturated rings. The molecule has 0 bridgehead atoms. The number of halogens is 3. The molecular formula is C16H16F3N3O3. The fraction of sp³-hybridized carbons (Fsp3) is 0.438. The fourth-order valence-corrected chi connectivity index (χ4v) is 3.02. The highest BCUT2D eigenvalue weighted by Gasteiger charge is 2.36. The number of nitrogens with one attached hydrogen (secondary N) is 1. The summed E-state index contributed by atoms with van der Waals surface area (Å²) < 4.78 is 44.8. The van der Waals surface area contributed by atoms with E-state index in [2.05, 4.69) is 15.5 Å². The second kappa shape index (κ2) is 6.83. The van der Waals surface area contributed by atoms with Gasteiger partial charge in [0.2, 0.25) is 5.89 Å². The quantitative estimate of drug-likeness (QED) is 0.820. The van der Waals surface area contributed by atoms with E-state index in [4.69, 9.17) is 4.52 Å². The van der Waals surface area contributed by atoms with E-state index in [1.807, 2.05) is 0 Å². The minimum absolute atomic E-state index is 0.0576. The first-order chi connectivity index (χ1) is 11.9. The summed E-state index contributed by atoms with van der Waals surface area (Å²) in [7, 11) is 0. The predicted octanol–water partition coefficient (Wildman–Crippen LogP) is 2.08. The fourth-order valence-electron chi connectivity index (χ4n) is 3.02. The normalized spacial score (nSPS) is 23.0. The van der Waals surface area contributed by atoms with Crippen LogP contribution < -0.4 is 5.32 Å². The summed E-state index contributed by atoms with van der Waals surface area (Å²) in [6.07, 6.45) is 0.206. The highest BCUT2D eigenvalue weighted by Crippen LogP contribution is 2.37. The van der Waals surface area contributed by atoms with Crippen molar-refractivity contribution in [1.82, 2.24) is 15.5 Å². The first-order valence-electron chi connectivity index (χ1n) is 7.76. The number of hydrogen-bond donors (Lipinski definition) is 2. The Balaban J connectivity index is 1.62. The van der Waals surface area contributed by atoms with Crippen LogP contribution in [0.5, 0.6) is 0 Å². The Bertz CT molecular complexity index is 796. The molecule has 0 spiro atoms. The summed E-state index contributed by atoms with van der Waals surface area (Å²) in [5, 5.41) is 16.3. The summed E-state index contributed by atoms with van der Waals surface area (Å²) in [5.41, 5.74) is -0.588. The van der Waals surface area contributed by atoms with Crippen LogP contribution in [0.2, 0.25) is 0 Å². The van der Waals surface area contributed by atoms with Gasteiger partial charge in [0.1, 0.15) is 0 Å². The number of amides is 1. The van der Waals surface area contributed by atoms with Crippen molar-refractivity contribution in [2.24, 2.45) is 5.92 Å². The van der Waals surface area contributed by atoms with Gasteiger partial charge in [0, 0.05) is 18.4 Å². The molecule has 3 rings (SSSR count). The van der Waals surface area contributed by atoms with E-state index in [1.54, 1.807) is 6.92 Å². The number of benzene rings is 1. The van der Waals surface area contributed by atoms with E-state index in [1.165, 1.54) is 0 Å². The van der Waals surface area contributed by atoms with Gasteiger partial charge in [0.15, 0.2) is 23.3 Å². The summed E-state index contributed by atoms with van der Waals surface area (Å²) >= 11 is 0. The Morgan fingerprint density at radius 1 is 1.32 bits per heavy atom. The number of carbonyl (C=O) groups is 1. The Morgan fingerprint density at radius 2 is 2.08 bits per heavy atom. The van der Waals surface area contributed by atoms with Crippen molar-refractivity contribution >= 4 is 5.91 Å². The summed E-state index contributed by atoms with van der Waals surface area (Å²) in [4.78, 5) is 16.1. The van der Waals surface area contributed by atoms with Crippen LogP contribution in [0.3, 0.4) is 0 Å². The predicted molar refractivity (Wildman–Crippen MR) is 79.2 cm³/mol. The maximum absolute atomic E-state index is 13.6. The third kappa shape index (κ3) is 3.51. The van der Waals surface area contributed by atoms with Gasteiger partial charge < -0.3 is 14.9 Å². The topological polar surface area (TPSA) is 88.2 Å². The van der Waals surface area contributed by atoms with Crippen LogP contribution >= 0.6 is 0 Å². The second-order valence-corrected chi connectivity index (χ2v) is 6.11. The molecule has 1 saturated carbocycles. The molecule has 134 valence electrons. The lowest BCUT2D eigenvalue weighted by molar-refractivity contribution is 0.0911. The van der Waals surface area contributed by atoms with Gasteiger partial charge in [-0.05, 0) is 31.9 Å². The standard InChI is InChI=1S/C16H16F3N3O3/c1-7-21-16(25-22-7)8-4-9(12(23)5-8)6-20-15(24)10-2-3-11(17)14(19)13(10)18/h2-3,8-9,12,23H,4-6H2,1H3,(H,20,24)/t8-,9+,12+/m0/s1. The van der Waals surface area contributed by atoms with Crippen molar-refractivity contribution in [3.63, 3.8) is 0 Å². The monoisotopic (exact) mass is 355 g/mol. The molecule has 9 heteroatoms. The Morgan fingerprint density at radius 3 is 2.76 bits per heavy atom. The molecular weight excluding hydrogens is 339 g/mol. The van der Waals surface area contributed by atoms with Gasteiger partial charge in [0.25, 0.3) is 5.91 Å². The molecule has 6 nitrogen and oxygen atoms in total. The minimum Gasteiger partial charge on any atom is -0.393 e. The zero-order chi connectivity index (χ0) is 18.1. The van der Waals surface area contributed by atoms with Crippen LogP contribution in [0, 0.1) is 30.3 Å². The number of aromatic nitrogens is 2. The summed E-state index contributed by atoms with van der Waals surface area (Å²) in [6.45, 7) is 1.74. The third-order valence-electron chi connectivity index (χ3n) is 4.35. The van der Waals surface area contributed by atoms with Gasteiger partial charge in [-0.25, -0.2) is 13.2 Å². The van der Waals surface area contributed by atoms with Crippen LogP contribution in [-0.2, 0) is 0 Å². The van der Waals surface area contributed by atoms with Crippen LogP contribution in [0.1, 0.15) is 40.8 Å². The molecule has 0 saturated heterocycles. The number of carbonyl (C=O) groups excluding carboxylic acids is 1. The number of aliphatic hydroxyl groups excluding tert-OH is 1. The first-order valence-corrected chi connectivity index (χ1v) is 7.76.